The zero-order valence-electron chi connectivity index (χ0n) is 15.7. The summed E-state index contributed by atoms with van der Waals surface area (Å²) in [6.07, 6.45) is 3.72. The van der Waals surface area contributed by atoms with Crippen LogP contribution in [0.4, 0.5) is 5.69 Å². The quantitative estimate of drug-likeness (QED) is 0.851. The van der Waals surface area contributed by atoms with Crippen molar-refractivity contribution in [1.29, 1.82) is 0 Å². The van der Waals surface area contributed by atoms with Gasteiger partial charge >= 0.3 is 0 Å². The molecule has 0 unspecified atom stereocenters. The zero-order valence-corrected chi connectivity index (χ0v) is 15.7. The minimum Gasteiger partial charge on any atom is -0.331 e. The van der Waals surface area contributed by atoms with E-state index in [9.17, 15) is 9.59 Å². The van der Waals surface area contributed by atoms with Crippen LogP contribution in [-0.2, 0) is 11.3 Å². The van der Waals surface area contributed by atoms with Gasteiger partial charge in [0, 0.05) is 36.8 Å². The van der Waals surface area contributed by atoms with Crippen molar-refractivity contribution in [1.82, 2.24) is 4.90 Å². The minimum absolute atomic E-state index is 0.0426. The van der Waals surface area contributed by atoms with Gasteiger partial charge in [0.15, 0.2) is 0 Å². The summed E-state index contributed by atoms with van der Waals surface area (Å²) >= 11 is 0. The number of hydrogen-bond acceptors (Lipinski definition) is 3. The van der Waals surface area contributed by atoms with Crippen molar-refractivity contribution in [2.45, 2.75) is 51.2 Å². The monoisotopic (exact) mass is 365 g/mol. The van der Waals surface area contributed by atoms with Crippen LogP contribution in [-0.4, -0.2) is 28.8 Å². The lowest BCUT2D eigenvalue weighted by Crippen LogP contribution is -2.43. The summed E-state index contributed by atoms with van der Waals surface area (Å²) < 4.78 is 0. The summed E-state index contributed by atoms with van der Waals surface area (Å²) in [5.74, 6) is -0.0633. The van der Waals surface area contributed by atoms with Gasteiger partial charge in [0.2, 0.25) is 5.91 Å². The molecule has 1 fully saturated rings. The van der Waals surface area contributed by atoms with Crippen molar-refractivity contribution in [3.05, 3.63) is 65.7 Å². The summed E-state index contributed by atoms with van der Waals surface area (Å²) in [5.41, 5.74) is 8.51. The normalized spacial score (nSPS) is 19.3. The third-order valence-electron chi connectivity index (χ3n) is 5.06. The minimum atomic E-state index is -0.106. The Labute approximate surface area is 160 Å². The first-order valence-corrected chi connectivity index (χ1v) is 9.51. The molecule has 0 atom stereocenters. The maximum absolute atomic E-state index is 13.2. The number of carbonyl (C=O) groups is 2. The highest BCUT2D eigenvalue weighted by molar-refractivity contribution is 5.94. The van der Waals surface area contributed by atoms with Gasteiger partial charge in [-0.1, -0.05) is 30.3 Å². The van der Waals surface area contributed by atoms with E-state index in [1.165, 1.54) is 6.92 Å². The number of nitrogens with two attached hydrogens (primary N) is 1. The van der Waals surface area contributed by atoms with E-state index in [-0.39, 0.29) is 23.9 Å². The number of anilines is 1. The highest BCUT2D eigenvalue weighted by Gasteiger charge is 2.28. The number of benzene rings is 2. The van der Waals surface area contributed by atoms with E-state index in [1.807, 2.05) is 59.5 Å². The van der Waals surface area contributed by atoms with Gasteiger partial charge in [-0.2, -0.15) is 0 Å². The number of rotatable bonds is 5. The highest BCUT2D eigenvalue weighted by Crippen LogP contribution is 2.26. The van der Waals surface area contributed by atoms with E-state index in [0.29, 0.717) is 12.1 Å². The van der Waals surface area contributed by atoms with Crippen LogP contribution in [0.15, 0.2) is 54.6 Å². The summed E-state index contributed by atoms with van der Waals surface area (Å²) in [4.78, 5) is 26.5. The summed E-state index contributed by atoms with van der Waals surface area (Å²) in [5, 5.41) is 2.81. The predicted molar refractivity (Wildman–Crippen MR) is 107 cm³/mol. The van der Waals surface area contributed by atoms with Crippen molar-refractivity contribution >= 4 is 17.5 Å². The first-order valence-electron chi connectivity index (χ1n) is 9.51. The Hall–Kier alpha value is -2.66. The lowest BCUT2D eigenvalue weighted by Gasteiger charge is -2.36. The Morgan fingerprint density at radius 1 is 1.04 bits per heavy atom. The fraction of sp³-hybridized carbons (Fsp3) is 0.364. The predicted octanol–water partition coefficient (Wildman–Crippen LogP) is 3.56. The van der Waals surface area contributed by atoms with E-state index in [4.69, 9.17) is 5.73 Å². The standard InChI is InChI=1S/C22H27N3O2/c1-16(26)24-20-9-5-6-17(14-20)15-25(21-12-10-19(23)11-13-21)22(27)18-7-3-2-4-8-18/h2-9,14,19,21H,10-13,15,23H2,1H3,(H,24,26). The molecule has 0 bridgehead atoms. The third kappa shape index (κ3) is 5.17. The molecule has 1 aliphatic rings. The first kappa shape index (κ1) is 19.1. The smallest absolute Gasteiger partial charge is 0.254 e. The molecular weight excluding hydrogens is 338 g/mol. The lowest BCUT2D eigenvalue weighted by molar-refractivity contribution is -0.114. The molecule has 0 saturated heterocycles. The highest BCUT2D eigenvalue weighted by atomic mass is 16.2. The largest absolute Gasteiger partial charge is 0.331 e. The molecule has 0 aromatic heterocycles. The van der Waals surface area contributed by atoms with E-state index in [1.54, 1.807) is 0 Å². The van der Waals surface area contributed by atoms with Gasteiger partial charge in [-0.3, -0.25) is 9.59 Å². The zero-order chi connectivity index (χ0) is 19.2. The van der Waals surface area contributed by atoms with E-state index < -0.39 is 0 Å². The molecule has 2 amide bonds. The average molecular weight is 365 g/mol. The van der Waals surface area contributed by atoms with Crippen LogP contribution >= 0.6 is 0 Å². The van der Waals surface area contributed by atoms with Crippen LogP contribution in [0, 0.1) is 0 Å². The van der Waals surface area contributed by atoms with Gasteiger partial charge < -0.3 is 16.0 Å². The van der Waals surface area contributed by atoms with Crippen molar-refractivity contribution in [2.75, 3.05) is 5.32 Å². The van der Waals surface area contributed by atoms with Crippen molar-refractivity contribution in [3.63, 3.8) is 0 Å². The number of nitrogens with zero attached hydrogens (tertiary/aromatic N) is 1. The Balaban J connectivity index is 1.83. The fourth-order valence-corrected chi connectivity index (χ4v) is 3.67. The average Bonchev–Trinajstić information content (AvgIpc) is 2.67. The summed E-state index contributed by atoms with van der Waals surface area (Å²) in [6.45, 7) is 2.00. The Morgan fingerprint density at radius 2 is 1.74 bits per heavy atom. The van der Waals surface area contributed by atoms with Crippen LogP contribution in [0.2, 0.25) is 0 Å². The van der Waals surface area contributed by atoms with Crippen molar-refractivity contribution in [3.8, 4) is 0 Å². The number of nitrogens with one attached hydrogen (secondary N) is 1. The molecule has 0 radical (unpaired) electrons. The first-order chi connectivity index (χ1) is 13.0. The second-order valence-electron chi connectivity index (χ2n) is 7.25. The maximum Gasteiger partial charge on any atom is 0.254 e. The second kappa shape index (κ2) is 8.82. The number of amides is 2. The maximum atomic E-state index is 13.2. The third-order valence-corrected chi connectivity index (χ3v) is 5.06. The number of carbonyl (C=O) groups excluding carboxylic acids is 2. The molecule has 2 aromatic rings. The van der Waals surface area contributed by atoms with Gasteiger partial charge in [-0.25, -0.2) is 0 Å². The molecular formula is C22H27N3O2. The molecule has 1 aliphatic carbocycles. The molecule has 3 rings (SSSR count). The van der Waals surface area contributed by atoms with Crippen LogP contribution in [0.25, 0.3) is 0 Å². The van der Waals surface area contributed by atoms with Crippen LogP contribution in [0.3, 0.4) is 0 Å². The van der Waals surface area contributed by atoms with E-state index in [0.717, 1.165) is 36.9 Å². The molecule has 142 valence electrons. The Kier molecular flexibility index (Phi) is 6.24. The lowest BCUT2D eigenvalue weighted by atomic mass is 9.90. The van der Waals surface area contributed by atoms with Crippen LogP contribution in [0.1, 0.15) is 48.5 Å². The van der Waals surface area contributed by atoms with E-state index in [2.05, 4.69) is 5.32 Å². The molecule has 3 N–H and O–H groups in total. The summed E-state index contributed by atoms with van der Waals surface area (Å²) in [6, 6.07) is 17.5. The van der Waals surface area contributed by atoms with Crippen molar-refractivity contribution < 1.29 is 9.59 Å². The van der Waals surface area contributed by atoms with Gasteiger partial charge in [0.25, 0.3) is 5.91 Å². The SMILES string of the molecule is CC(=O)Nc1cccc(CN(C(=O)c2ccccc2)C2CCC(N)CC2)c1. The molecule has 0 heterocycles. The molecule has 5 heteroatoms. The fourth-order valence-electron chi connectivity index (χ4n) is 3.67. The second-order valence-corrected chi connectivity index (χ2v) is 7.25. The number of hydrogen-bond donors (Lipinski definition) is 2. The van der Waals surface area contributed by atoms with Gasteiger partial charge in [0.1, 0.15) is 0 Å². The van der Waals surface area contributed by atoms with Gasteiger partial charge in [-0.05, 0) is 55.5 Å². The van der Waals surface area contributed by atoms with Crippen LogP contribution < -0.4 is 11.1 Å². The summed E-state index contributed by atoms with van der Waals surface area (Å²) in [7, 11) is 0. The topological polar surface area (TPSA) is 75.4 Å². The van der Waals surface area contributed by atoms with Crippen LogP contribution in [0.5, 0.6) is 0 Å². The van der Waals surface area contributed by atoms with Gasteiger partial charge in [-0.15, -0.1) is 0 Å². The molecule has 0 spiro atoms. The molecule has 5 nitrogen and oxygen atoms in total. The molecule has 0 aliphatic heterocycles. The molecule has 1 saturated carbocycles. The Morgan fingerprint density at radius 3 is 2.41 bits per heavy atom. The van der Waals surface area contributed by atoms with Crippen molar-refractivity contribution in [2.24, 2.45) is 5.73 Å². The molecule has 27 heavy (non-hydrogen) atoms. The van der Waals surface area contributed by atoms with Gasteiger partial charge in [0.05, 0.1) is 0 Å². The Bertz CT molecular complexity index is 783. The van der Waals surface area contributed by atoms with E-state index >= 15 is 0 Å². The molecule has 2 aromatic carbocycles.